The van der Waals surface area contributed by atoms with E-state index in [2.05, 4.69) is 49.3 Å². The number of piperazine rings is 1. The zero-order valence-corrected chi connectivity index (χ0v) is 18.4. The van der Waals surface area contributed by atoms with Crippen molar-refractivity contribution in [2.45, 2.75) is 19.9 Å². The van der Waals surface area contributed by atoms with Crippen molar-refractivity contribution in [1.82, 2.24) is 30.0 Å². The average molecular weight is 438 g/mol. The highest BCUT2D eigenvalue weighted by molar-refractivity contribution is 6.32. The Bertz CT molecular complexity index is 1230. The van der Waals surface area contributed by atoms with Crippen molar-refractivity contribution in [3.05, 3.63) is 47.4 Å². The number of rotatable bonds is 4. The zero-order chi connectivity index (χ0) is 21.5. The van der Waals surface area contributed by atoms with E-state index < -0.39 is 0 Å². The third-order valence-electron chi connectivity index (χ3n) is 5.49. The summed E-state index contributed by atoms with van der Waals surface area (Å²) in [6.07, 6.45) is 3.49. The Kier molecular flexibility index (Phi) is 5.03. The molecule has 1 aliphatic heterocycles. The highest BCUT2D eigenvalue weighted by atomic mass is 35.5. The molecule has 0 aliphatic carbocycles. The van der Waals surface area contributed by atoms with Gasteiger partial charge in [0, 0.05) is 44.6 Å². The van der Waals surface area contributed by atoms with Crippen LogP contribution >= 0.6 is 11.6 Å². The molecule has 5 rings (SSSR count). The van der Waals surface area contributed by atoms with Crippen molar-refractivity contribution < 1.29 is 4.74 Å². The fourth-order valence-electron chi connectivity index (χ4n) is 3.98. The lowest BCUT2D eigenvalue weighted by molar-refractivity contribution is 0.481. The van der Waals surface area contributed by atoms with Gasteiger partial charge in [0.15, 0.2) is 11.4 Å². The SMILES string of the molecule is Cc1nn(C)cc1-c1nc2ncc(Cl)c(Oc3ccc(N4CCN[C@@H](C)C4)cc3)c2[nH]1. The maximum absolute atomic E-state index is 6.45. The first-order chi connectivity index (χ1) is 15.0. The predicted molar refractivity (Wildman–Crippen MR) is 122 cm³/mol. The second-order valence-corrected chi connectivity index (χ2v) is 8.33. The number of aromatic nitrogens is 5. The molecule has 4 aromatic rings. The fourth-order valence-corrected chi connectivity index (χ4v) is 4.16. The maximum atomic E-state index is 6.45. The van der Waals surface area contributed by atoms with Crippen LogP contribution in [0.3, 0.4) is 0 Å². The number of nitrogens with one attached hydrogen (secondary N) is 2. The molecule has 1 aromatic carbocycles. The molecule has 0 spiro atoms. The lowest BCUT2D eigenvalue weighted by atomic mass is 10.2. The largest absolute Gasteiger partial charge is 0.453 e. The second-order valence-electron chi connectivity index (χ2n) is 7.92. The topological polar surface area (TPSA) is 83.9 Å². The fraction of sp³-hybridized carbons (Fsp3) is 0.318. The number of aryl methyl sites for hydroxylation is 2. The van der Waals surface area contributed by atoms with Gasteiger partial charge >= 0.3 is 0 Å². The summed E-state index contributed by atoms with van der Waals surface area (Å²) >= 11 is 6.45. The minimum atomic E-state index is 0.422. The van der Waals surface area contributed by atoms with Crippen molar-refractivity contribution >= 4 is 28.5 Å². The number of hydrogen-bond acceptors (Lipinski definition) is 6. The number of H-pyrrole nitrogens is 1. The quantitative estimate of drug-likeness (QED) is 0.503. The lowest BCUT2D eigenvalue weighted by Crippen LogP contribution is -2.49. The Balaban J connectivity index is 1.44. The van der Waals surface area contributed by atoms with Gasteiger partial charge < -0.3 is 19.9 Å². The van der Waals surface area contributed by atoms with E-state index in [1.165, 1.54) is 5.69 Å². The van der Waals surface area contributed by atoms with E-state index in [4.69, 9.17) is 16.3 Å². The zero-order valence-electron chi connectivity index (χ0n) is 17.7. The third kappa shape index (κ3) is 3.84. The van der Waals surface area contributed by atoms with Gasteiger partial charge in [0.1, 0.15) is 22.1 Å². The minimum Gasteiger partial charge on any atom is -0.453 e. The van der Waals surface area contributed by atoms with Gasteiger partial charge in [-0.05, 0) is 38.1 Å². The van der Waals surface area contributed by atoms with Crippen LogP contribution in [0.4, 0.5) is 5.69 Å². The number of pyridine rings is 1. The predicted octanol–water partition coefficient (Wildman–Crippen LogP) is 3.91. The summed E-state index contributed by atoms with van der Waals surface area (Å²) in [6.45, 7) is 7.11. The number of imidazole rings is 1. The Hall–Kier alpha value is -3.10. The first-order valence-electron chi connectivity index (χ1n) is 10.3. The Labute approximate surface area is 185 Å². The van der Waals surface area contributed by atoms with E-state index in [0.717, 1.165) is 30.9 Å². The van der Waals surface area contributed by atoms with Gasteiger partial charge in [0.25, 0.3) is 0 Å². The molecular weight excluding hydrogens is 414 g/mol. The molecule has 0 bridgehead atoms. The molecule has 1 fully saturated rings. The molecule has 2 N–H and O–H groups in total. The van der Waals surface area contributed by atoms with E-state index in [0.29, 0.717) is 39.6 Å². The van der Waals surface area contributed by atoms with Gasteiger partial charge in [-0.15, -0.1) is 0 Å². The van der Waals surface area contributed by atoms with Crippen LogP contribution in [0.1, 0.15) is 12.6 Å². The summed E-state index contributed by atoms with van der Waals surface area (Å²) in [4.78, 5) is 14.7. The van der Waals surface area contributed by atoms with Gasteiger partial charge in [-0.2, -0.15) is 5.10 Å². The van der Waals surface area contributed by atoms with Gasteiger partial charge in [-0.25, -0.2) is 9.97 Å². The number of nitrogens with zero attached hydrogens (tertiary/aromatic N) is 5. The minimum absolute atomic E-state index is 0.422. The number of anilines is 1. The molecule has 1 atom stereocenters. The molecule has 0 amide bonds. The van der Waals surface area contributed by atoms with Crippen LogP contribution in [0.2, 0.25) is 5.02 Å². The van der Waals surface area contributed by atoms with E-state index in [9.17, 15) is 0 Å². The van der Waals surface area contributed by atoms with Crippen LogP contribution < -0.4 is 15.0 Å². The summed E-state index contributed by atoms with van der Waals surface area (Å²) in [5, 5.41) is 8.28. The molecule has 160 valence electrons. The number of halogens is 1. The van der Waals surface area contributed by atoms with Gasteiger partial charge in [-0.3, -0.25) is 4.68 Å². The van der Waals surface area contributed by atoms with Gasteiger partial charge in [0.05, 0.1) is 17.5 Å². The number of ether oxygens (including phenoxy) is 1. The van der Waals surface area contributed by atoms with Gasteiger partial charge in [0.2, 0.25) is 0 Å². The van der Waals surface area contributed by atoms with Crippen LogP contribution in [-0.2, 0) is 7.05 Å². The second kappa shape index (κ2) is 7.86. The van der Waals surface area contributed by atoms with Crippen LogP contribution in [0.5, 0.6) is 11.5 Å². The molecule has 3 aromatic heterocycles. The normalized spacial score (nSPS) is 16.8. The van der Waals surface area contributed by atoms with Crippen molar-refractivity contribution in [2.75, 3.05) is 24.5 Å². The standard InChI is InChI=1S/C22H24ClN7O/c1-13-11-30(9-8-24-13)15-4-6-16(7-5-15)31-20-18(23)10-25-22-19(20)26-21(27-22)17-12-29(3)28-14(17)2/h4-7,10,12-13,24H,8-9,11H2,1-3H3,(H,25,26,27)/t13-/m0/s1. The number of benzene rings is 1. The summed E-state index contributed by atoms with van der Waals surface area (Å²) < 4.78 is 7.94. The summed E-state index contributed by atoms with van der Waals surface area (Å²) in [6, 6.07) is 8.57. The van der Waals surface area contributed by atoms with Gasteiger partial charge in [-0.1, -0.05) is 11.6 Å². The van der Waals surface area contributed by atoms with Crippen molar-refractivity contribution in [2.24, 2.45) is 7.05 Å². The molecule has 4 heterocycles. The summed E-state index contributed by atoms with van der Waals surface area (Å²) in [5.74, 6) is 1.90. The maximum Gasteiger partial charge on any atom is 0.182 e. The molecule has 0 radical (unpaired) electrons. The van der Waals surface area contributed by atoms with Crippen LogP contribution in [0.25, 0.3) is 22.6 Å². The third-order valence-corrected chi connectivity index (χ3v) is 5.76. The molecule has 1 saturated heterocycles. The van der Waals surface area contributed by atoms with Crippen molar-refractivity contribution in [3.63, 3.8) is 0 Å². The summed E-state index contributed by atoms with van der Waals surface area (Å²) in [7, 11) is 1.88. The number of aromatic amines is 1. The smallest absolute Gasteiger partial charge is 0.182 e. The van der Waals surface area contributed by atoms with E-state index in [1.807, 2.05) is 32.3 Å². The number of hydrogen-bond donors (Lipinski definition) is 2. The molecule has 9 heteroatoms. The first-order valence-corrected chi connectivity index (χ1v) is 10.7. The molecule has 0 unspecified atom stereocenters. The molecular formula is C22H24ClN7O. The Morgan fingerprint density at radius 1 is 1.23 bits per heavy atom. The average Bonchev–Trinajstić information content (AvgIpc) is 3.33. The molecule has 1 aliphatic rings. The van der Waals surface area contributed by atoms with E-state index >= 15 is 0 Å². The highest BCUT2D eigenvalue weighted by Gasteiger charge is 2.19. The molecule has 0 saturated carbocycles. The lowest BCUT2D eigenvalue weighted by Gasteiger charge is -2.33. The van der Waals surface area contributed by atoms with E-state index in [-0.39, 0.29) is 0 Å². The van der Waals surface area contributed by atoms with Crippen LogP contribution in [0.15, 0.2) is 36.7 Å². The van der Waals surface area contributed by atoms with Crippen LogP contribution in [0, 0.1) is 6.92 Å². The van der Waals surface area contributed by atoms with E-state index in [1.54, 1.807) is 10.9 Å². The Morgan fingerprint density at radius 3 is 2.74 bits per heavy atom. The monoisotopic (exact) mass is 437 g/mol. The van der Waals surface area contributed by atoms with Crippen molar-refractivity contribution in [1.29, 1.82) is 0 Å². The van der Waals surface area contributed by atoms with Crippen molar-refractivity contribution in [3.8, 4) is 22.9 Å². The van der Waals surface area contributed by atoms with Crippen LogP contribution in [-0.4, -0.2) is 50.4 Å². The Morgan fingerprint density at radius 2 is 2.03 bits per heavy atom. The molecule has 8 nitrogen and oxygen atoms in total. The molecule has 31 heavy (non-hydrogen) atoms. The first kappa shape index (κ1) is 19.8. The highest BCUT2D eigenvalue weighted by Crippen LogP contribution is 2.36. The number of fused-ring (bicyclic) bond motifs is 1. The summed E-state index contributed by atoms with van der Waals surface area (Å²) in [5.41, 5.74) is 4.18.